The summed E-state index contributed by atoms with van der Waals surface area (Å²) in [6.07, 6.45) is 0. The largest absolute Gasteiger partial charge is 0.316 e. The molecule has 0 unspecified atom stereocenters. The molecule has 0 atom stereocenters. The molecule has 0 spiro atoms. The van der Waals surface area contributed by atoms with Gasteiger partial charge in [-0.3, -0.25) is 9.80 Å². The fourth-order valence-corrected chi connectivity index (χ4v) is 2.10. The number of rotatable bonds is 4. The number of hydrogen-bond donors (Lipinski definition) is 1. The maximum atomic E-state index is 4.09. The Morgan fingerprint density at radius 3 is 2.60 bits per heavy atom. The summed E-state index contributed by atoms with van der Waals surface area (Å²) in [6.45, 7) is 14.1. The number of nitrogens with one attached hydrogen (secondary N) is 1. The van der Waals surface area contributed by atoms with Crippen molar-refractivity contribution in [3.8, 4) is 0 Å². The van der Waals surface area contributed by atoms with Gasteiger partial charge in [0.2, 0.25) is 0 Å². The van der Waals surface area contributed by atoms with Crippen molar-refractivity contribution in [3.63, 3.8) is 0 Å². The SMILES string of the molecule is C=C(CNC)CN1CCN(C)C(C)(C)C1. The average Bonchev–Trinajstić information content (AvgIpc) is 2.11. The summed E-state index contributed by atoms with van der Waals surface area (Å²) in [7, 11) is 4.18. The van der Waals surface area contributed by atoms with Crippen LogP contribution in [-0.2, 0) is 0 Å². The Morgan fingerprint density at radius 2 is 2.07 bits per heavy atom. The van der Waals surface area contributed by atoms with Crippen LogP contribution in [0.25, 0.3) is 0 Å². The van der Waals surface area contributed by atoms with Crippen LogP contribution < -0.4 is 5.32 Å². The van der Waals surface area contributed by atoms with E-state index in [4.69, 9.17) is 0 Å². The smallest absolute Gasteiger partial charge is 0.0277 e. The molecule has 1 aliphatic rings. The molecular weight excluding hydrogens is 186 g/mol. The van der Waals surface area contributed by atoms with E-state index >= 15 is 0 Å². The Bertz CT molecular complexity index is 223. The van der Waals surface area contributed by atoms with Crippen LogP contribution in [0, 0.1) is 0 Å². The van der Waals surface area contributed by atoms with E-state index in [1.165, 1.54) is 5.57 Å². The fraction of sp³-hybridized carbons (Fsp3) is 0.833. The predicted molar refractivity (Wildman–Crippen MR) is 66.2 cm³/mol. The van der Waals surface area contributed by atoms with Crippen molar-refractivity contribution < 1.29 is 0 Å². The highest BCUT2D eigenvalue weighted by Gasteiger charge is 2.30. The third-order valence-corrected chi connectivity index (χ3v) is 3.27. The van der Waals surface area contributed by atoms with Gasteiger partial charge in [-0.05, 0) is 33.5 Å². The quantitative estimate of drug-likeness (QED) is 0.694. The molecule has 1 fully saturated rings. The minimum atomic E-state index is 0.290. The van der Waals surface area contributed by atoms with Crippen molar-refractivity contribution in [2.75, 3.05) is 46.8 Å². The standard InChI is InChI=1S/C12H25N3/c1-11(8-13-4)9-15-7-6-14(5)12(2,3)10-15/h13H,1,6-10H2,2-5H3. The van der Waals surface area contributed by atoms with Gasteiger partial charge in [-0.15, -0.1) is 0 Å². The summed E-state index contributed by atoms with van der Waals surface area (Å²) in [5, 5.41) is 3.15. The first-order valence-corrected chi connectivity index (χ1v) is 5.70. The Kier molecular flexibility index (Phi) is 4.32. The van der Waals surface area contributed by atoms with E-state index in [0.29, 0.717) is 0 Å². The van der Waals surface area contributed by atoms with Crippen molar-refractivity contribution in [3.05, 3.63) is 12.2 Å². The van der Waals surface area contributed by atoms with Crippen molar-refractivity contribution in [1.82, 2.24) is 15.1 Å². The van der Waals surface area contributed by atoms with Crippen molar-refractivity contribution >= 4 is 0 Å². The lowest BCUT2D eigenvalue weighted by atomic mass is 9.99. The first kappa shape index (κ1) is 12.7. The summed E-state index contributed by atoms with van der Waals surface area (Å²) in [4.78, 5) is 4.93. The summed E-state index contributed by atoms with van der Waals surface area (Å²) in [6, 6.07) is 0. The molecule has 1 N–H and O–H groups in total. The van der Waals surface area contributed by atoms with Crippen LogP contribution >= 0.6 is 0 Å². The number of likely N-dealkylation sites (N-methyl/N-ethyl adjacent to an activating group) is 2. The van der Waals surface area contributed by atoms with Gasteiger partial charge in [-0.25, -0.2) is 0 Å². The zero-order valence-electron chi connectivity index (χ0n) is 10.6. The molecule has 0 aromatic rings. The molecule has 0 amide bonds. The van der Waals surface area contributed by atoms with E-state index in [2.05, 4.69) is 42.6 Å². The molecule has 0 bridgehead atoms. The van der Waals surface area contributed by atoms with Crippen LogP contribution in [-0.4, -0.2) is 62.2 Å². The van der Waals surface area contributed by atoms with Crippen LogP contribution in [0.3, 0.4) is 0 Å². The molecule has 1 rings (SSSR count). The zero-order valence-corrected chi connectivity index (χ0v) is 10.6. The van der Waals surface area contributed by atoms with Gasteiger partial charge in [0.15, 0.2) is 0 Å². The molecule has 1 saturated heterocycles. The number of piperazine rings is 1. The second-order valence-corrected chi connectivity index (χ2v) is 5.22. The molecule has 1 aliphatic heterocycles. The van der Waals surface area contributed by atoms with Gasteiger partial charge in [-0.2, -0.15) is 0 Å². The number of nitrogens with zero attached hydrogens (tertiary/aromatic N) is 2. The second kappa shape index (κ2) is 5.10. The van der Waals surface area contributed by atoms with Gasteiger partial charge < -0.3 is 5.32 Å². The molecule has 0 saturated carbocycles. The first-order valence-electron chi connectivity index (χ1n) is 5.70. The first-order chi connectivity index (χ1) is 6.95. The normalized spacial score (nSPS) is 22.9. The highest BCUT2D eigenvalue weighted by Crippen LogP contribution is 2.19. The van der Waals surface area contributed by atoms with E-state index in [0.717, 1.165) is 32.7 Å². The summed E-state index contributed by atoms with van der Waals surface area (Å²) in [5.74, 6) is 0. The fourth-order valence-electron chi connectivity index (χ4n) is 2.10. The van der Waals surface area contributed by atoms with E-state index in [1.54, 1.807) is 0 Å². The zero-order chi connectivity index (χ0) is 11.5. The lowest BCUT2D eigenvalue weighted by Gasteiger charge is -2.45. The van der Waals surface area contributed by atoms with E-state index < -0.39 is 0 Å². The van der Waals surface area contributed by atoms with Crippen LogP contribution in [0.5, 0.6) is 0 Å². The van der Waals surface area contributed by atoms with Crippen LogP contribution in [0.4, 0.5) is 0 Å². The minimum Gasteiger partial charge on any atom is -0.316 e. The molecule has 1 heterocycles. The Morgan fingerprint density at radius 1 is 1.40 bits per heavy atom. The third kappa shape index (κ3) is 3.59. The Balaban J connectivity index is 2.42. The van der Waals surface area contributed by atoms with Gasteiger partial charge in [0, 0.05) is 38.3 Å². The van der Waals surface area contributed by atoms with Crippen molar-refractivity contribution in [1.29, 1.82) is 0 Å². The Labute approximate surface area is 94.1 Å². The summed E-state index contributed by atoms with van der Waals surface area (Å²) >= 11 is 0. The van der Waals surface area contributed by atoms with Crippen molar-refractivity contribution in [2.45, 2.75) is 19.4 Å². The molecule has 3 nitrogen and oxygen atoms in total. The van der Waals surface area contributed by atoms with Gasteiger partial charge in [0.1, 0.15) is 0 Å². The van der Waals surface area contributed by atoms with Crippen LogP contribution in [0.2, 0.25) is 0 Å². The van der Waals surface area contributed by atoms with Gasteiger partial charge in [0.05, 0.1) is 0 Å². The highest BCUT2D eigenvalue weighted by molar-refractivity contribution is 5.01. The molecular formula is C12H25N3. The summed E-state index contributed by atoms with van der Waals surface area (Å²) in [5.41, 5.74) is 1.57. The van der Waals surface area contributed by atoms with Gasteiger partial charge in [-0.1, -0.05) is 6.58 Å². The molecule has 0 radical (unpaired) electrons. The monoisotopic (exact) mass is 211 g/mol. The van der Waals surface area contributed by atoms with E-state index in [1.807, 2.05) is 7.05 Å². The minimum absolute atomic E-state index is 0.290. The molecule has 88 valence electrons. The predicted octanol–water partition coefficient (Wildman–Crippen LogP) is 0.788. The lowest BCUT2D eigenvalue weighted by Crippen LogP contribution is -2.57. The topological polar surface area (TPSA) is 18.5 Å². The van der Waals surface area contributed by atoms with Crippen LogP contribution in [0.1, 0.15) is 13.8 Å². The van der Waals surface area contributed by atoms with Gasteiger partial charge >= 0.3 is 0 Å². The molecule has 15 heavy (non-hydrogen) atoms. The third-order valence-electron chi connectivity index (χ3n) is 3.27. The highest BCUT2D eigenvalue weighted by atomic mass is 15.3. The molecule has 0 aromatic heterocycles. The Hall–Kier alpha value is -0.380. The summed E-state index contributed by atoms with van der Waals surface area (Å²) < 4.78 is 0. The second-order valence-electron chi connectivity index (χ2n) is 5.22. The maximum Gasteiger partial charge on any atom is 0.0277 e. The number of hydrogen-bond acceptors (Lipinski definition) is 3. The van der Waals surface area contributed by atoms with Gasteiger partial charge in [0.25, 0.3) is 0 Å². The van der Waals surface area contributed by atoms with E-state index in [9.17, 15) is 0 Å². The van der Waals surface area contributed by atoms with E-state index in [-0.39, 0.29) is 5.54 Å². The molecule has 0 aromatic carbocycles. The van der Waals surface area contributed by atoms with Crippen molar-refractivity contribution in [2.24, 2.45) is 0 Å². The lowest BCUT2D eigenvalue weighted by molar-refractivity contribution is 0.0449. The average molecular weight is 211 g/mol. The van der Waals surface area contributed by atoms with Crippen LogP contribution in [0.15, 0.2) is 12.2 Å². The molecule has 3 heteroatoms. The maximum absolute atomic E-state index is 4.09. The molecule has 0 aliphatic carbocycles.